The van der Waals surface area contributed by atoms with Crippen LogP contribution in [0, 0.1) is 0 Å². The fourth-order valence-corrected chi connectivity index (χ4v) is 5.62. The fourth-order valence-electron chi connectivity index (χ4n) is 4.48. The smallest absolute Gasteiger partial charge is 0.330 e. The molecule has 0 amide bonds. The lowest BCUT2D eigenvalue weighted by atomic mass is 9.99. The summed E-state index contributed by atoms with van der Waals surface area (Å²) in [6.07, 6.45) is 3.40. The molecule has 3 heterocycles. The molecule has 1 aliphatic heterocycles. The molecule has 2 unspecified atom stereocenters. The van der Waals surface area contributed by atoms with E-state index in [9.17, 15) is 18.3 Å². The number of methoxy groups -OCH3 is 1. The lowest BCUT2D eigenvalue weighted by molar-refractivity contribution is -0.140. The quantitative estimate of drug-likeness (QED) is 0.382. The number of esters is 1. The Bertz CT molecular complexity index is 1770. The molecule has 0 spiro atoms. The molecule has 37 heavy (non-hydrogen) atoms. The van der Waals surface area contributed by atoms with E-state index in [2.05, 4.69) is 10.1 Å². The number of carbonyl (C=O) groups excluding carboxylic acids is 1. The monoisotopic (exact) mass is 538 g/mol. The Hall–Kier alpha value is -3.73. The molecule has 0 bridgehead atoms. The number of anilines is 1. The summed E-state index contributed by atoms with van der Waals surface area (Å²) in [6, 6.07) is 15.7. The lowest BCUT2D eigenvalue weighted by Crippen LogP contribution is -2.47. The number of ether oxygens (including phenoxy) is 1. The highest BCUT2D eigenvalue weighted by atomic mass is 35.5. The fraction of sp³-hybridized carbons (Fsp3) is 0.192. The van der Waals surface area contributed by atoms with E-state index in [1.165, 1.54) is 6.07 Å². The zero-order chi connectivity index (χ0) is 26.5. The third-order valence-corrected chi connectivity index (χ3v) is 7.71. The maximum Gasteiger partial charge on any atom is 0.330 e. The van der Waals surface area contributed by atoms with E-state index < -0.39 is 27.3 Å². The number of aromatic nitrogens is 3. The van der Waals surface area contributed by atoms with Crippen molar-refractivity contribution >= 4 is 55.8 Å². The first-order valence-corrected chi connectivity index (χ1v) is 13.6. The van der Waals surface area contributed by atoms with Crippen LogP contribution in [0.5, 0.6) is 0 Å². The van der Waals surface area contributed by atoms with E-state index in [0.717, 1.165) is 30.0 Å². The van der Waals surface area contributed by atoms with Gasteiger partial charge in [0.25, 0.3) is 0 Å². The van der Waals surface area contributed by atoms with Crippen LogP contribution < -0.4 is 15.5 Å². The lowest BCUT2D eigenvalue weighted by Gasteiger charge is -2.31. The van der Waals surface area contributed by atoms with Gasteiger partial charge in [-0.05, 0) is 48.0 Å². The molecule has 4 aromatic rings. The number of aliphatic hydroxyl groups excluding tert-OH is 1. The van der Waals surface area contributed by atoms with E-state index in [4.69, 9.17) is 16.3 Å². The molecule has 1 N–H and O–H groups in total. The Morgan fingerprint density at radius 1 is 1.14 bits per heavy atom. The number of benzene rings is 2. The van der Waals surface area contributed by atoms with Gasteiger partial charge in [-0.15, -0.1) is 0 Å². The summed E-state index contributed by atoms with van der Waals surface area (Å²) in [5.74, 6) is -0.935. The zero-order valence-corrected chi connectivity index (χ0v) is 21.7. The number of hydrogen-bond donors (Lipinski definition) is 1. The Morgan fingerprint density at radius 3 is 2.54 bits per heavy atom. The summed E-state index contributed by atoms with van der Waals surface area (Å²) >= 11 is 6.11. The Labute approximate surface area is 217 Å². The van der Waals surface area contributed by atoms with Crippen LogP contribution >= 0.6 is 11.6 Å². The van der Waals surface area contributed by atoms with E-state index >= 15 is 0 Å². The van der Waals surface area contributed by atoms with Crippen LogP contribution in [0.15, 0.2) is 60.8 Å². The van der Waals surface area contributed by atoms with Gasteiger partial charge in [-0.1, -0.05) is 23.7 Å². The van der Waals surface area contributed by atoms with Crippen LogP contribution in [0.3, 0.4) is 0 Å². The number of rotatable bonds is 5. The van der Waals surface area contributed by atoms with Gasteiger partial charge in [-0.3, -0.25) is 14.5 Å². The predicted octanol–water partition coefficient (Wildman–Crippen LogP) is 1.66. The van der Waals surface area contributed by atoms with E-state index in [1.807, 2.05) is 31.4 Å². The van der Waals surface area contributed by atoms with E-state index in [1.54, 1.807) is 46.1 Å². The average Bonchev–Trinajstić information content (AvgIpc) is 3.23. The van der Waals surface area contributed by atoms with E-state index in [0.29, 0.717) is 26.7 Å². The van der Waals surface area contributed by atoms with Crippen LogP contribution in [-0.4, -0.2) is 53.9 Å². The maximum atomic E-state index is 12.5. The topological polar surface area (TPSA) is 115 Å². The van der Waals surface area contributed by atoms with Crippen LogP contribution in [0.2, 0.25) is 5.02 Å². The van der Waals surface area contributed by atoms with Crippen molar-refractivity contribution in [2.24, 2.45) is 7.05 Å². The number of sulfone groups is 1. The highest BCUT2D eigenvalue weighted by molar-refractivity contribution is 7.91. The molecule has 2 aromatic heterocycles. The SMILES string of the molecule is COC(=O)C(c1ccc2c(n1)=C(c1ccc(Cl)cc1)C(O)N(c1ccc3nn(C)cc3c1)C=2)S(C)(=O)=O. The van der Waals surface area contributed by atoms with Gasteiger partial charge < -0.3 is 14.7 Å². The number of aryl methyl sites for hydroxylation is 1. The first-order valence-electron chi connectivity index (χ1n) is 11.2. The molecular weight excluding hydrogens is 516 g/mol. The summed E-state index contributed by atoms with van der Waals surface area (Å²) in [5, 5.41) is 16.8. The third kappa shape index (κ3) is 4.59. The minimum Gasteiger partial charge on any atom is -0.468 e. The van der Waals surface area contributed by atoms with Crippen molar-refractivity contribution in [3.63, 3.8) is 0 Å². The van der Waals surface area contributed by atoms with Gasteiger partial charge in [0.15, 0.2) is 21.3 Å². The summed E-state index contributed by atoms with van der Waals surface area (Å²) in [5.41, 5.74) is 2.61. The number of hydrogen-bond acceptors (Lipinski definition) is 8. The number of pyridine rings is 1. The Kier molecular flexibility index (Phi) is 6.26. The second kappa shape index (κ2) is 9.29. The van der Waals surface area contributed by atoms with Crippen LogP contribution in [0.25, 0.3) is 22.7 Å². The second-order valence-electron chi connectivity index (χ2n) is 8.78. The number of carbonyl (C=O) groups is 1. The molecule has 0 saturated carbocycles. The van der Waals surface area contributed by atoms with Gasteiger partial charge in [0, 0.05) is 52.6 Å². The van der Waals surface area contributed by atoms with Crippen molar-refractivity contribution in [3.8, 4) is 0 Å². The molecule has 0 aliphatic carbocycles. The minimum absolute atomic E-state index is 0.00499. The largest absolute Gasteiger partial charge is 0.468 e. The summed E-state index contributed by atoms with van der Waals surface area (Å²) in [6.45, 7) is 0. The number of fused-ring (bicyclic) bond motifs is 2. The van der Waals surface area contributed by atoms with Gasteiger partial charge in [0.1, 0.15) is 0 Å². The van der Waals surface area contributed by atoms with E-state index in [-0.39, 0.29) is 5.69 Å². The van der Waals surface area contributed by atoms with Gasteiger partial charge in [0.05, 0.1) is 23.7 Å². The maximum absolute atomic E-state index is 12.5. The predicted molar refractivity (Wildman–Crippen MR) is 141 cm³/mol. The van der Waals surface area contributed by atoms with Gasteiger partial charge in [-0.2, -0.15) is 5.10 Å². The van der Waals surface area contributed by atoms with Crippen molar-refractivity contribution in [2.45, 2.75) is 11.5 Å². The Balaban J connectivity index is 1.76. The first-order chi connectivity index (χ1) is 17.6. The molecule has 1 aliphatic rings. The molecule has 0 saturated heterocycles. The highest BCUT2D eigenvalue weighted by Crippen LogP contribution is 2.29. The van der Waals surface area contributed by atoms with Gasteiger partial charge in [-0.25, -0.2) is 8.42 Å². The van der Waals surface area contributed by atoms with Crippen molar-refractivity contribution in [2.75, 3.05) is 18.3 Å². The summed E-state index contributed by atoms with van der Waals surface area (Å²) in [4.78, 5) is 18.7. The Morgan fingerprint density at radius 2 is 1.86 bits per heavy atom. The van der Waals surface area contributed by atoms with Crippen molar-refractivity contribution in [3.05, 3.63) is 87.6 Å². The molecule has 2 aromatic carbocycles. The van der Waals surface area contributed by atoms with Crippen LogP contribution in [-0.2, 0) is 26.4 Å². The van der Waals surface area contributed by atoms with Crippen molar-refractivity contribution < 1.29 is 23.1 Å². The van der Waals surface area contributed by atoms with Crippen molar-refractivity contribution in [1.29, 1.82) is 0 Å². The summed E-state index contributed by atoms with van der Waals surface area (Å²) < 4.78 is 31.4. The molecule has 11 heteroatoms. The molecule has 0 fully saturated rings. The standard InChI is InChI=1S/C26H23ClN4O5S/c1-30-13-17-12-19(9-11-20(17)29-30)31-14-16-6-10-21(24(26(33)36-2)37(3,34)35)28-23(16)22(25(31)32)15-4-7-18(27)8-5-15/h4-14,24-25,32H,1-3H3. The van der Waals surface area contributed by atoms with Crippen LogP contribution in [0.1, 0.15) is 16.5 Å². The van der Waals surface area contributed by atoms with Crippen molar-refractivity contribution in [1.82, 2.24) is 14.8 Å². The molecule has 0 radical (unpaired) electrons. The molecule has 9 nitrogen and oxygen atoms in total. The molecule has 2 atom stereocenters. The zero-order valence-electron chi connectivity index (χ0n) is 20.2. The highest BCUT2D eigenvalue weighted by Gasteiger charge is 2.34. The molecular formula is C26H23ClN4O5S. The number of nitrogens with zero attached hydrogens (tertiary/aromatic N) is 4. The molecule has 190 valence electrons. The average molecular weight is 539 g/mol. The number of halogens is 1. The molecule has 5 rings (SSSR count). The number of aliphatic hydroxyl groups is 1. The minimum atomic E-state index is -3.88. The summed E-state index contributed by atoms with van der Waals surface area (Å²) in [7, 11) is -0.922. The van der Waals surface area contributed by atoms with Gasteiger partial charge in [0.2, 0.25) is 0 Å². The third-order valence-electron chi connectivity index (χ3n) is 6.17. The second-order valence-corrected chi connectivity index (χ2v) is 11.4. The van der Waals surface area contributed by atoms with Crippen LogP contribution in [0.4, 0.5) is 5.69 Å². The normalized spacial score (nSPS) is 16.3. The van der Waals surface area contributed by atoms with Gasteiger partial charge >= 0.3 is 5.97 Å². The first kappa shape index (κ1) is 24.9.